The zero-order valence-electron chi connectivity index (χ0n) is 12.1. The molecule has 1 aliphatic heterocycles. The summed E-state index contributed by atoms with van der Waals surface area (Å²) in [6.07, 6.45) is 2.44. The summed E-state index contributed by atoms with van der Waals surface area (Å²) in [7, 11) is -2.15. The normalized spacial score (nSPS) is 16.8. The first-order valence-corrected chi connectivity index (χ1v) is 8.03. The molecule has 0 radical (unpaired) electrons. The van der Waals surface area contributed by atoms with Gasteiger partial charge in [0.1, 0.15) is 5.82 Å². The zero-order valence-corrected chi connectivity index (χ0v) is 12.9. The SMILES string of the molecule is COCC1=CCN(S(=O)(=O)c2cc(N)cc(F)c2C)CC1. The summed E-state index contributed by atoms with van der Waals surface area (Å²) in [5.41, 5.74) is 6.83. The molecule has 116 valence electrons. The van der Waals surface area contributed by atoms with Crippen molar-refractivity contribution in [1.82, 2.24) is 4.31 Å². The molecule has 5 nitrogen and oxygen atoms in total. The second-order valence-electron chi connectivity index (χ2n) is 5.03. The van der Waals surface area contributed by atoms with Crippen LogP contribution in [0, 0.1) is 12.7 Å². The van der Waals surface area contributed by atoms with Crippen LogP contribution in [-0.2, 0) is 14.8 Å². The summed E-state index contributed by atoms with van der Waals surface area (Å²) in [4.78, 5) is -0.0661. The molecule has 0 bridgehead atoms. The van der Waals surface area contributed by atoms with Crippen molar-refractivity contribution in [3.8, 4) is 0 Å². The van der Waals surface area contributed by atoms with Crippen LogP contribution in [0.15, 0.2) is 28.7 Å². The third kappa shape index (κ3) is 3.25. The Hall–Kier alpha value is -1.44. The monoisotopic (exact) mass is 314 g/mol. The molecule has 2 N–H and O–H groups in total. The van der Waals surface area contributed by atoms with Crippen LogP contribution < -0.4 is 5.73 Å². The van der Waals surface area contributed by atoms with E-state index in [0.717, 1.165) is 11.6 Å². The number of methoxy groups -OCH3 is 1. The quantitative estimate of drug-likeness (QED) is 0.678. The summed E-state index contributed by atoms with van der Waals surface area (Å²) in [6.45, 7) is 2.56. The van der Waals surface area contributed by atoms with E-state index in [0.29, 0.717) is 19.6 Å². The summed E-state index contributed by atoms with van der Waals surface area (Å²) < 4.78 is 45.3. The second-order valence-corrected chi connectivity index (χ2v) is 6.94. The average Bonchev–Trinajstić information content (AvgIpc) is 2.43. The highest BCUT2D eigenvalue weighted by Crippen LogP contribution is 2.26. The number of ether oxygens (including phenoxy) is 1. The van der Waals surface area contributed by atoms with Gasteiger partial charge in [0.15, 0.2) is 0 Å². The van der Waals surface area contributed by atoms with Gasteiger partial charge in [-0.25, -0.2) is 12.8 Å². The van der Waals surface area contributed by atoms with Crippen LogP contribution in [0.5, 0.6) is 0 Å². The minimum absolute atomic E-state index is 0.0661. The van der Waals surface area contributed by atoms with Gasteiger partial charge < -0.3 is 10.5 Å². The maximum Gasteiger partial charge on any atom is 0.243 e. The number of sulfonamides is 1. The van der Waals surface area contributed by atoms with Gasteiger partial charge >= 0.3 is 0 Å². The number of hydrogen-bond donors (Lipinski definition) is 1. The molecule has 21 heavy (non-hydrogen) atoms. The van der Waals surface area contributed by atoms with Gasteiger partial charge in [-0.15, -0.1) is 0 Å². The van der Waals surface area contributed by atoms with Crippen molar-refractivity contribution in [2.45, 2.75) is 18.2 Å². The lowest BCUT2D eigenvalue weighted by atomic mass is 10.1. The number of nitrogens with zero attached hydrogens (tertiary/aromatic N) is 1. The van der Waals surface area contributed by atoms with Gasteiger partial charge in [0.2, 0.25) is 10.0 Å². The summed E-state index contributed by atoms with van der Waals surface area (Å²) in [6, 6.07) is 2.43. The largest absolute Gasteiger partial charge is 0.399 e. The zero-order chi connectivity index (χ0) is 15.6. The lowest BCUT2D eigenvalue weighted by molar-refractivity contribution is 0.219. The van der Waals surface area contributed by atoms with Gasteiger partial charge in [0, 0.05) is 31.5 Å². The molecule has 0 amide bonds. The predicted octanol–water partition coefficient (Wildman–Crippen LogP) is 1.68. The van der Waals surface area contributed by atoms with Crippen molar-refractivity contribution < 1.29 is 17.5 Å². The van der Waals surface area contributed by atoms with Crippen molar-refractivity contribution >= 4 is 15.7 Å². The van der Waals surface area contributed by atoms with E-state index < -0.39 is 15.8 Å². The van der Waals surface area contributed by atoms with E-state index in [2.05, 4.69) is 0 Å². The molecule has 0 aliphatic carbocycles. The van der Waals surface area contributed by atoms with E-state index in [1.807, 2.05) is 6.08 Å². The molecule has 1 aromatic carbocycles. The number of nitrogen functional groups attached to an aromatic ring is 1. The Labute approximate surface area is 124 Å². The highest BCUT2D eigenvalue weighted by molar-refractivity contribution is 7.89. The topological polar surface area (TPSA) is 72.6 Å². The smallest absolute Gasteiger partial charge is 0.243 e. The van der Waals surface area contributed by atoms with Crippen LogP contribution in [-0.4, -0.2) is 39.5 Å². The minimum Gasteiger partial charge on any atom is -0.399 e. The van der Waals surface area contributed by atoms with Gasteiger partial charge in [-0.05, 0) is 31.1 Å². The molecule has 0 spiro atoms. The van der Waals surface area contributed by atoms with Crippen molar-refractivity contribution in [2.24, 2.45) is 0 Å². The molecule has 1 aliphatic rings. The first kappa shape index (κ1) is 15.9. The van der Waals surface area contributed by atoms with Crippen molar-refractivity contribution in [3.63, 3.8) is 0 Å². The third-order valence-electron chi connectivity index (χ3n) is 3.53. The molecule has 0 saturated heterocycles. The third-order valence-corrected chi connectivity index (χ3v) is 5.52. The highest BCUT2D eigenvalue weighted by atomic mass is 32.2. The van der Waals surface area contributed by atoms with Gasteiger partial charge in [-0.1, -0.05) is 6.08 Å². The van der Waals surface area contributed by atoms with Crippen LogP contribution in [0.4, 0.5) is 10.1 Å². The summed E-state index contributed by atoms with van der Waals surface area (Å²) >= 11 is 0. The number of nitrogens with two attached hydrogens (primary N) is 1. The van der Waals surface area contributed by atoms with Crippen LogP contribution in [0.3, 0.4) is 0 Å². The van der Waals surface area contributed by atoms with E-state index in [9.17, 15) is 12.8 Å². The van der Waals surface area contributed by atoms with Gasteiger partial charge in [0.25, 0.3) is 0 Å². The Morgan fingerprint density at radius 3 is 2.71 bits per heavy atom. The molecule has 7 heteroatoms. The molecule has 1 heterocycles. The first-order chi connectivity index (χ1) is 9.86. The fourth-order valence-electron chi connectivity index (χ4n) is 2.31. The van der Waals surface area contributed by atoms with E-state index in [4.69, 9.17) is 10.5 Å². The number of rotatable bonds is 4. The fraction of sp³-hybridized carbons (Fsp3) is 0.429. The van der Waals surface area contributed by atoms with Crippen molar-refractivity contribution in [2.75, 3.05) is 32.5 Å². The lowest BCUT2D eigenvalue weighted by Crippen LogP contribution is -2.35. The number of halogens is 1. The highest BCUT2D eigenvalue weighted by Gasteiger charge is 2.28. The molecule has 2 rings (SSSR count). The van der Waals surface area contributed by atoms with E-state index in [1.165, 1.54) is 17.3 Å². The van der Waals surface area contributed by atoms with Crippen LogP contribution in [0.2, 0.25) is 0 Å². The fourth-order valence-corrected chi connectivity index (χ4v) is 3.96. The number of hydrogen-bond acceptors (Lipinski definition) is 4. The van der Waals surface area contributed by atoms with E-state index in [1.54, 1.807) is 7.11 Å². The van der Waals surface area contributed by atoms with E-state index in [-0.39, 0.29) is 22.7 Å². The standard InChI is InChI=1S/C14H19FN2O3S/c1-10-13(15)7-12(16)8-14(10)21(18,19)17-5-3-11(4-6-17)9-20-2/h3,7-8H,4-6,9,16H2,1-2H3. The number of anilines is 1. The van der Waals surface area contributed by atoms with E-state index >= 15 is 0 Å². The molecule has 0 unspecified atom stereocenters. The molecular weight excluding hydrogens is 295 g/mol. The van der Waals surface area contributed by atoms with Crippen molar-refractivity contribution in [3.05, 3.63) is 35.2 Å². The average molecular weight is 314 g/mol. The van der Waals surface area contributed by atoms with Crippen molar-refractivity contribution in [1.29, 1.82) is 0 Å². The van der Waals surface area contributed by atoms with Crippen LogP contribution >= 0.6 is 0 Å². The Morgan fingerprint density at radius 2 is 2.14 bits per heavy atom. The minimum atomic E-state index is -3.75. The molecular formula is C14H19FN2O3S. The van der Waals surface area contributed by atoms with Gasteiger partial charge in [-0.3, -0.25) is 0 Å². The number of benzene rings is 1. The lowest BCUT2D eigenvalue weighted by Gasteiger charge is -2.26. The molecule has 0 saturated carbocycles. The second kappa shape index (κ2) is 6.13. The predicted molar refractivity (Wildman–Crippen MR) is 78.9 cm³/mol. The molecule has 1 aromatic rings. The Balaban J connectivity index is 2.32. The summed E-state index contributed by atoms with van der Waals surface area (Å²) in [5, 5.41) is 0. The molecule has 0 atom stereocenters. The maximum absolute atomic E-state index is 13.7. The van der Waals surface area contributed by atoms with Gasteiger partial charge in [-0.2, -0.15) is 4.31 Å². The summed E-state index contributed by atoms with van der Waals surface area (Å²) in [5.74, 6) is -0.610. The van der Waals surface area contributed by atoms with Crippen LogP contribution in [0.25, 0.3) is 0 Å². The Morgan fingerprint density at radius 1 is 1.43 bits per heavy atom. The Bertz CT molecular complexity index is 671. The van der Waals surface area contributed by atoms with Crippen LogP contribution in [0.1, 0.15) is 12.0 Å². The Kier molecular flexibility index (Phi) is 4.65. The first-order valence-electron chi connectivity index (χ1n) is 6.59. The van der Waals surface area contributed by atoms with Gasteiger partial charge in [0.05, 0.1) is 11.5 Å². The molecule has 0 aromatic heterocycles. The molecule has 0 fully saturated rings. The maximum atomic E-state index is 13.7.